The Morgan fingerprint density at radius 3 is 2.25 bits per heavy atom. The van der Waals surface area contributed by atoms with Crippen LogP contribution in [0.25, 0.3) is 0 Å². The molecule has 0 bridgehead atoms. The number of rotatable bonds is 4. The normalized spacial score (nSPS) is 21.1. The summed E-state index contributed by atoms with van der Waals surface area (Å²) in [6.07, 6.45) is 5.69. The predicted molar refractivity (Wildman–Crippen MR) is 89.8 cm³/mol. The second-order valence-corrected chi connectivity index (χ2v) is 6.01. The third-order valence-electron chi connectivity index (χ3n) is 4.61. The maximum Gasteiger partial charge on any atom is 0.0658 e. The van der Waals surface area contributed by atoms with Gasteiger partial charge in [-0.05, 0) is 37.1 Å². The number of thiocarbonyl (C=S) groups is 1. The Morgan fingerprint density at radius 1 is 1.00 bits per heavy atom. The summed E-state index contributed by atoms with van der Waals surface area (Å²) in [5.41, 5.74) is 3.94. The van der Waals surface area contributed by atoms with E-state index in [9.17, 15) is 0 Å². The Labute approximate surface area is 126 Å². The van der Waals surface area contributed by atoms with Crippen molar-refractivity contribution in [1.82, 2.24) is 4.90 Å². The number of nitrogens with zero attached hydrogens (tertiary/aromatic N) is 2. The van der Waals surface area contributed by atoms with E-state index in [4.69, 9.17) is 12.2 Å². The standard InChI is InChI=1S/C16H23N3S/c20-13-17-14-5-7-16(8-6-14)19-11-9-18(10-12-19)15-3-1-2-4-15/h5-8,13,15H,1-4,9-12H2,(H,17,20). The van der Waals surface area contributed by atoms with E-state index in [2.05, 4.69) is 39.4 Å². The maximum atomic E-state index is 4.81. The molecule has 1 aliphatic heterocycles. The summed E-state index contributed by atoms with van der Waals surface area (Å²) in [6.45, 7) is 4.72. The summed E-state index contributed by atoms with van der Waals surface area (Å²) in [7, 11) is 0. The van der Waals surface area contributed by atoms with Crippen LogP contribution in [0.1, 0.15) is 25.7 Å². The van der Waals surface area contributed by atoms with Gasteiger partial charge in [0.15, 0.2) is 0 Å². The van der Waals surface area contributed by atoms with Crippen LogP contribution >= 0.6 is 12.2 Å². The highest BCUT2D eigenvalue weighted by atomic mass is 32.1. The number of benzene rings is 1. The van der Waals surface area contributed by atoms with Crippen molar-refractivity contribution >= 4 is 29.1 Å². The average molecular weight is 289 g/mol. The molecule has 1 aromatic carbocycles. The molecule has 4 heteroatoms. The first kappa shape index (κ1) is 13.8. The molecule has 1 heterocycles. The molecular weight excluding hydrogens is 266 g/mol. The second kappa shape index (κ2) is 6.55. The number of piperazine rings is 1. The van der Waals surface area contributed by atoms with E-state index in [-0.39, 0.29) is 0 Å². The van der Waals surface area contributed by atoms with Gasteiger partial charge in [-0.3, -0.25) is 4.90 Å². The van der Waals surface area contributed by atoms with Gasteiger partial charge in [0.2, 0.25) is 0 Å². The zero-order valence-electron chi connectivity index (χ0n) is 11.9. The second-order valence-electron chi connectivity index (χ2n) is 5.77. The van der Waals surface area contributed by atoms with Crippen molar-refractivity contribution in [1.29, 1.82) is 0 Å². The van der Waals surface area contributed by atoms with Gasteiger partial charge in [0.1, 0.15) is 0 Å². The zero-order valence-corrected chi connectivity index (χ0v) is 12.7. The number of hydrogen-bond acceptors (Lipinski definition) is 3. The van der Waals surface area contributed by atoms with Crippen molar-refractivity contribution in [3.63, 3.8) is 0 Å². The lowest BCUT2D eigenvalue weighted by Crippen LogP contribution is -2.49. The summed E-state index contributed by atoms with van der Waals surface area (Å²) in [4.78, 5) is 5.19. The molecule has 1 saturated heterocycles. The van der Waals surface area contributed by atoms with Gasteiger partial charge in [-0.25, -0.2) is 0 Å². The van der Waals surface area contributed by atoms with Gasteiger partial charge in [0, 0.05) is 43.6 Å². The van der Waals surface area contributed by atoms with E-state index in [1.54, 1.807) is 5.49 Å². The summed E-state index contributed by atoms with van der Waals surface area (Å²) in [6, 6.07) is 9.44. The summed E-state index contributed by atoms with van der Waals surface area (Å²) < 4.78 is 0. The minimum atomic E-state index is 0.867. The first-order chi connectivity index (χ1) is 9.86. The van der Waals surface area contributed by atoms with Crippen molar-refractivity contribution in [3.05, 3.63) is 24.3 Å². The first-order valence-electron chi connectivity index (χ1n) is 7.66. The summed E-state index contributed by atoms with van der Waals surface area (Å²) in [5, 5.41) is 3.04. The van der Waals surface area contributed by atoms with Crippen LogP contribution in [-0.2, 0) is 0 Å². The van der Waals surface area contributed by atoms with Crippen molar-refractivity contribution < 1.29 is 0 Å². The Balaban J connectivity index is 1.55. The van der Waals surface area contributed by atoms with E-state index < -0.39 is 0 Å². The third-order valence-corrected chi connectivity index (χ3v) is 4.73. The molecule has 3 rings (SSSR count). The molecule has 3 nitrogen and oxygen atoms in total. The molecule has 0 spiro atoms. The highest BCUT2D eigenvalue weighted by molar-refractivity contribution is 7.79. The fraction of sp³-hybridized carbons (Fsp3) is 0.562. The molecule has 1 saturated carbocycles. The van der Waals surface area contributed by atoms with E-state index >= 15 is 0 Å². The molecule has 0 amide bonds. The number of hydrogen-bond donors (Lipinski definition) is 1. The van der Waals surface area contributed by atoms with Crippen LogP contribution in [0.5, 0.6) is 0 Å². The zero-order chi connectivity index (χ0) is 13.8. The summed E-state index contributed by atoms with van der Waals surface area (Å²) in [5.74, 6) is 0. The quantitative estimate of drug-likeness (QED) is 0.858. The van der Waals surface area contributed by atoms with Gasteiger partial charge in [-0.15, -0.1) is 0 Å². The topological polar surface area (TPSA) is 18.5 Å². The molecule has 0 atom stereocenters. The van der Waals surface area contributed by atoms with Crippen LogP contribution in [0.3, 0.4) is 0 Å². The summed E-state index contributed by atoms with van der Waals surface area (Å²) >= 11 is 4.81. The van der Waals surface area contributed by atoms with Crippen LogP contribution in [0.2, 0.25) is 0 Å². The molecule has 1 aromatic rings. The molecule has 0 unspecified atom stereocenters. The average Bonchev–Trinajstić information content (AvgIpc) is 3.03. The van der Waals surface area contributed by atoms with E-state index in [0.29, 0.717) is 0 Å². The lowest BCUT2D eigenvalue weighted by Gasteiger charge is -2.39. The van der Waals surface area contributed by atoms with Crippen LogP contribution in [0.15, 0.2) is 24.3 Å². The minimum absolute atomic E-state index is 0.867. The molecule has 2 aliphatic rings. The van der Waals surface area contributed by atoms with E-state index in [1.165, 1.54) is 44.5 Å². The highest BCUT2D eigenvalue weighted by Crippen LogP contribution is 2.26. The van der Waals surface area contributed by atoms with Crippen molar-refractivity contribution in [2.45, 2.75) is 31.7 Å². The minimum Gasteiger partial charge on any atom is -0.369 e. The van der Waals surface area contributed by atoms with E-state index in [1.807, 2.05) is 0 Å². The Hall–Kier alpha value is -1.13. The monoisotopic (exact) mass is 289 g/mol. The van der Waals surface area contributed by atoms with Gasteiger partial charge in [-0.2, -0.15) is 0 Å². The highest BCUT2D eigenvalue weighted by Gasteiger charge is 2.25. The molecule has 2 fully saturated rings. The smallest absolute Gasteiger partial charge is 0.0658 e. The lowest BCUT2D eigenvalue weighted by atomic mass is 10.1. The van der Waals surface area contributed by atoms with Gasteiger partial charge >= 0.3 is 0 Å². The van der Waals surface area contributed by atoms with Gasteiger partial charge in [0.05, 0.1) is 5.49 Å². The molecule has 0 radical (unpaired) electrons. The third kappa shape index (κ3) is 3.13. The van der Waals surface area contributed by atoms with Crippen LogP contribution in [-0.4, -0.2) is 42.6 Å². The molecule has 0 aromatic heterocycles. The van der Waals surface area contributed by atoms with Gasteiger partial charge in [0.25, 0.3) is 0 Å². The molecular formula is C16H23N3S. The number of nitrogens with one attached hydrogen (secondary N) is 1. The van der Waals surface area contributed by atoms with Crippen LogP contribution in [0.4, 0.5) is 11.4 Å². The SMILES string of the molecule is S=CNc1ccc(N2CCN(C3CCCC3)CC2)cc1. The largest absolute Gasteiger partial charge is 0.369 e. The van der Waals surface area contributed by atoms with Crippen molar-refractivity contribution in [2.24, 2.45) is 0 Å². The van der Waals surface area contributed by atoms with E-state index in [0.717, 1.165) is 24.8 Å². The Morgan fingerprint density at radius 2 is 1.65 bits per heavy atom. The fourth-order valence-corrected chi connectivity index (χ4v) is 3.59. The van der Waals surface area contributed by atoms with Crippen LogP contribution in [0, 0.1) is 0 Å². The Bertz CT molecular complexity index is 432. The number of anilines is 2. The molecule has 1 aliphatic carbocycles. The lowest BCUT2D eigenvalue weighted by molar-refractivity contribution is 0.187. The Kier molecular flexibility index (Phi) is 4.53. The van der Waals surface area contributed by atoms with Crippen molar-refractivity contribution in [2.75, 3.05) is 36.4 Å². The first-order valence-corrected chi connectivity index (χ1v) is 8.13. The van der Waals surface area contributed by atoms with Gasteiger partial charge < -0.3 is 10.2 Å². The van der Waals surface area contributed by atoms with Crippen molar-refractivity contribution in [3.8, 4) is 0 Å². The molecule has 1 N–H and O–H groups in total. The maximum absolute atomic E-state index is 4.81. The molecule has 20 heavy (non-hydrogen) atoms. The van der Waals surface area contributed by atoms with Gasteiger partial charge in [-0.1, -0.05) is 25.1 Å². The molecule has 108 valence electrons. The van der Waals surface area contributed by atoms with Crippen LogP contribution < -0.4 is 10.2 Å². The predicted octanol–water partition coefficient (Wildman–Crippen LogP) is 3.12. The fourth-order valence-electron chi connectivity index (χ4n) is 3.45.